The molecule has 4 nitrogen and oxygen atoms in total. The topological polar surface area (TPSA) is 36.4 Å². The highest BCUT2D eigenvalue weighted by Gasteiger charge is 2.19. The molecule has 1 amide bonds. The van der Waals surface area contributed by atoms with E-state index in [0.29, 0.717) is 0 Å². The third-order valence-electron chi connectivity index (χ3n) is 2.76. The van der Waals surface area contributed by atoms with Crippen LogP contribution in [0.25, 0.3) is 0 Å². The van der Waals surface area contributed by atoms with Gasteiger partial charge in [-0.2, -0.15) is 0 Å². The molecule has 0 aliphatic carbocycles. The Kier molecular flexibility index (Phi) is 3.63. The highest BCUT2D eigenvalue weighted by Crippen LogP contribution is 2.14. The maximum atomic E-state index is 11.2. The number of hydrogen-bond donors (Lipinski definition) is 0. The smallest absolute Gasteiger partial charge is 0.219 e. The zero-order valence-electron chi connectivity index (χ0n) is 9.19. The van der Waals surface area contributed by atoms with E-state index in [2.05, 4.69) is 38.5 Å². The van der Waals surface area contributed by atoms with Gasteiger partial charge in [0.1, 0.15) is 5.82 Å². The van der Waals surface area contributed by atoms with Crippen LogP contribution in [0, 0.1) is 3.57 Å². The molecule has 2 heterocycles. The highest BCUT2D eigenvalue weighted by molar-refractivity contribution is 14.1. The van der Waals surface area contributed by atoms with Crippen molar-refractivity contribution in [3.63, 3.8) is 0 Å². The number of rotatable bonds is 1. The molecule has 0 atom stereocenters. The number of anilines is 1. The van der Waals surface area contributed by atoms with Gasteiger partial charge in [-0.3, -0.25) is 4.79 Å². The third kappa shape index (κ3) is 2.63. The van der Waals surface area contributed by atoms with Gasteiger partial charge < -0.3 is 9.80 Å². The summed E-state index contributed by atoms with van der Waals surface area (Å²) in [6.45, 7) is 4.95. The predicted molar refractivity (Wildman–Crippen MR) is 71.4 cm³/mol. The van der Waals surface area contributed by atoms with E-state index in [9.17, 15) is 4.79 Å². The largest absolute Gasteiger partial charge is 0.353 e. The Hall–Kier alpha value is -0.850. The van der Waals surface area contributed by atoms with Crippen LogP contribution in [-0.2, 0) is 4.79 Å². The molecule has 5 heteroatoms. The molecule has 1 saturated heterocycles. The minimum atomic E-state index is 0.162. The maximum absolute atomic E-state index is 11.2. The van der Waals surface area contributed by atoms with Crippen LogP contribution in [0.1, 0.15) is 6.92 Å². The second-order valence-electron chi connectivity index (χ2n) is 3.83. The number of hydrogen-bond acceptors (Lipinski definition) is 3. The Morgan fingerprint density at radius 3 is 2.50 bits per heavy atom. The Labute approximate surface area is 109 Å². The Balaban J connectivity index is 1.99. The lowest BCUT2D eigenvalue weighted by atomic mass is 10.3. The lowest BCUT2D eigenvalue weighted by molar-refractivity contribution is -0.129. The Bertz CT molecular complexity index is 371. The molecule has 0 spiro atoms. The summed E-state index contributed by atoms with van der Waals surface area (Å²) in [4.78, 5) is 19.7. The zero-order valence-corrected chi connectivity index (χ0v) is 11.3. The van der Waals surface area contributed by atoms with Gasteiger partial charge in [0.25, 0.3) is 0 Å². The summed E-state index contributed by atoms with van der Waals surface area (Å²) in [5, 5.41) is 0. The van der Waals surface area contributed by atoms with E-state index in [1.807, 2.05) is 17.2 Å². The van der Waals surface area contributed by atoms with E-state index in [-0.39, 0.29) is 5.91 Å². The molecule has 0 N–H and O–H groups in total. The monoisotopic (exact) mass is 331 g/mol. The minimum absolute atomic E-state index is 0.162. The molecule has 0 aromatic carbocycles. The number of carbonyl (C=O) groups excluding carboxylic acids is 1. The number of nitrogens with zero attached hydrogens (tertiary/aromatic N) is 3. The van der Waals surface area contributed by atoms with E-state index in [1.54, 1.807) is 6.92 Å². The summed E-state index contributed by atoms with van der Waals surface area (Å²) in [7, 11) is 0. The third-order valence-corrected chi connectivity index (χ3v) is 3.40. The van der Waals surface area contributed by atoms with Crippen molar-refractivity contribution in [2.45, 2.75) is 6.92 Å². The Morgan fingerprint density at radius 1 is 1.31 bits per heavy atom. The van der Waals surface area contributed by atoms with Crippen molar-refractivity contribution in [1.82, 2.24) is 9.88 Å². The van der Waals surface area contributed by atoms with Gasteiger partial charge in [0.05, 0.1) is 0 Å². The molecule has 1 aliphatic rings. The fourth-order valence-electron chi connectivity index (χ4n) is 1.81. The lowest BCUT2D eigenvalue weighted by Gasteiger charge is -2.34. The van der Waals surface area contributed by atoms with Crippen LogP contribution in [0.5, 0.6) is 0 Å². The zero-order chi connectivity index (χ0) is 11.5. The molecule has 1 aliphatic heterocycles. The molecule has 0 bridgehead atoms. The molecule has 1 fully saturated rings. The fraction of sp³-hybridized carbons (Fsp3) is 0.455. The summed E-state index contributed by atoms with van der Waals surface area (Å²) in [5.41, 5.74) is 0. The van der Waals surface area contributed by atoms with E-state index >= 15 is 0 Å². The predicted octanol–water partition coefficient (Wildman–Crippen LogP) is 1.35. The molecule has 0 saturated carbocycles. The van der Waals surface area contributed by atoms with Crippen LogP contribution in [0.15, 0.2) is 18.3 Å². The molecular weight excluding hydrogens is 317 g/mol. The van der Waals surface area contributed by atoms with Crippen LogP contribution in [0.4, 0.5) is 5.82 Å². The van der Waals surface area contributed by atoms with Gasteiger partial charge in [-0.25, -0.2) is 4.98 Å². The van der Waals surface area contributed by atoms with Gasteiger partial charge >= 0.3 is 0 Å². The summed E-state index contributed by atoms with van der Waals surface area (Å²) in [6.07, 6.45) is 1.87. The molecule has 1 aromatic heterocycles. The van der Waals surface area contributed by atoms with Crippen molar-refractivity contribution < 1.29 is 4.79 Å². The SMILES string of the molecule is CC(=O)N1CCN(c2ccc(I)cn2)CC1. The highest BCUT2D eigenvalue weighted by atomic mass is 127. The summed E-state index contributed by atoms with van der Waals surface area (Å²) < 4.78 is 1.14. The van der Waals surface area contributed by atoms with E-state index in [1.165, 1.54) is 0 Å². The number of aromatic nitrogens is 1. The number of amides is 1. The van der Waals surface area contributed by atoms with Crippen molar-refractivity contribution in [2.24, 2.45) is 0 Å². The summed E-state index contributed by atoms with van der Waals surface area (Å²) >= 11 is 2.25. The second-order valence-corrected chi connectivity index (χ2v) is 5.07. The first-order valence-corrected chi connectivity index (χ1v) is 6.37. The van der Waals surface area contributed by atoms with Gasteiger partial charge in [-0.15, -0.1) is 0 Å². The van der Waals surface area contributed by atoms with E-state index < -0.39 is 0 Å². The average Bonchev–Trinajstić information content (AvgIpc) is 2.30. The van der Waals surface area contributed by atoms with E-state index in [4.69, 9.17) is 0 Å². The van der Waals surface area contributed by atoms with Crippen molar-refractivity contribution in [3.8, 4) is 0 Å². The second kappa shape index (κ2) is 4.99. The first-order chi connectivity index (χ1) is 7.66. The van der Waals surface area contributed by atoms with Crippen molar-refractivity contribution in [2.75, 3.05) is 31.1 Å². The molecule has 1 aromatic rings. The lowest BCUT2D eigenvalue weighted by Crippen LogP contribution is -2.48. The van der Waals surface area contributed by atoms with Crippen LogP contribution in [0.2, 0.25) is 0 Å². The van der Waals surface area contributed by atoms with Crippen LogP contribution < -0.4 is 4.90 Å². The Morgan fingerprint density at radius 2 is 2.00 bits per heavy atom. The fourth-order valence-corrected chi connectivity index (χ4v) is 2.12. The van der Waals surface area contributed by atoms with Gasteiger partial charge in [-0.1, -0.05) is 0 Å². The molecule has 86 valence electrons. The first-order valence-electron chi connectivity index (χ1n) is 5.29. The van der Waals surface area contributed by atoms with Gasteiger partial charge in [-0.05, 0) is 34.7 Å². The van der Waals surface area contributed by atoms with Gasteiger partial charge in [0.15, 0.2) is 0 Å². The van der Waals surface area contributed by atoms with Crippen molar-refractivity contribution >= 4 is 34.3 Å². The molecule has 0 unspecified atom stereocenters. The normalized spacial score (nSPS) is 16.4. The van der Waals surface area contributed by atoms with Crippen LogP contribution in [-0.4, -0.2) is 42.0 Å². The standard InChI is InChI=1S/C11H14IN3O/c1-9(16)14-4-6-15(7-5-14)11-3-2-10(12)8-13-11/h2-3,8H,4-7H2,1H3. The van der Waals surface area contributed by atoms with Crippen LogP contribution in [0.3, 0.4) is 0 Å². The number of carbonyl (C=O) groups is 1. The number of halogens is 1. The van der Waals surface area contributed by atoms with Crippen molar-refractivity contribution in [1.29, 1.82) is 0 Å². The van der Waals surface area contributed by atoms with Crippen LogP contribution >= 0.6 is 22.6 Å². The summed E-state index contributed by atoms with van der Waals surface area (Å²) in [5.74, 6) is 1.17. The molecule has 16 heavy (non-hydrogen) atoms. The van der Waals surface area contributed by atoms with Gasteiger partial charge in [0.2, 0.25) is 5.91 Å². The molecular formula is C11H14IN3O. The van der Waals surface area contributed by atoms with E-state index in [0.717, 1.165) is 35.6 Å². The average molecular weight is 331 g/mol. The number of piperazine rings is 1. The maximum Gasteiger partial charge on any atom is 0.219 e. The first kappa shape index (κ1) is 11.6. The molecule has 0 radical (unpaired) electrons. The van der Waals surface area contributed by atoms with Crippen molar-refractivity contribution in [3.05, 3.63) is 21.9 Å². The molecule has 2 rings (SSSR count). The summed E-state index contributed by atoms with van der Waals surface area (Å²) in [6, 6.07) is 4.09. The quantitative estimate of drug-likeness (QED) is 0.729. The minimum Gasteiger partial charge on any atom is -0.353 e. The number of pyridine rings is 1. The van der Waals surface area contributed by atoms with Gasteiger partial charge in [0, 0.05) is 42.9 Å².